The second-order valence-corrected chi connectivity index (χ2v) is 6.29. The first-order valence-electron chi connectivity index (χ1n) is 7.55. The summed E-state index contributed by atoms with van der Waals surface area (Å²) in [6.45, 7) is 0.864. The van der Waals surface area contributed by atoms with E-state index in [0.717, 1.165) is 18.1 Å². The molecule has 0 aromatic heterocycles. The van der Waals surface area contributed by atoms with Crippen LogP contribution in [0.3, 0.4) is 0 Å². The number of anilines is 1. The van der Waals surface area contributed by atoms with Crippen molar-refractivity contribution in [3.8, 4) is 0 Å². The number of rotatable bonds is 1. The third-order valence-corrected chi connectivity index (χ3v) is 4.86. The van der Waals surface area contributed by atoms with E-state index in [1.54, 1.807) is 0 Å². The minimum atomic E-state index is 0.205. The fourth-order valence-corrected chi connectivity index (χ4v) is 3.74. The first kappa shape index (κ1) is 13.2. The summed E-state index contributed by atoms with van der Waals surface area (Å²) in [6, 6.07) is 17.0. The Morgan fingerprint density at radius 2 is 1.86 bits per heavy atom. The fraction of sp³-hybridized carbons (Fsp3) is 0.333. The molecular formula is C18H18ClNO. The SMILES string of the molecule is Clc1ccc(C2Nc3ccccc3C3OCCCC23)cc1. The van der Waals surface area contributed by atoms with E-state index in [2.05, 4.69) is 41.7 Å². The van der Waals surface area contributed by atoms with Crippen molar-refractivity contribution >= 4 is 17.3 Å². The Morgan fingerprint density at radius 3 is 2.71 bits per heavy atom. The predicted octanol–water partition coefficient (Wildman–Crippen LogP) is 4.97. The molecule has 4 rings (SSSR count). The van der Waals surface area contributed by atoms with E-state index < -0.39 is 0 Å². The monoisotopic (exact) mass is 299 g/mol. The molecule has 0 bridgehead atoms. The Bertz CT molecular complexity index is 640. The Morgan fingerprint density at radius 1 is 1.05 bits per heavy atom. The average molecular weight is 300 g/mol. The summed E-state index contributed by atoms with van der Waals surface area (Å²) in [6.07, 6.45) is 2.53. The molecule has 3 unspecified atom stereocenters. The van der Waals surface area contributed by atoms with Gasteiger partial charge in [-0.1, -0.05) is 41.9 Å². The van der Waals surface area contributed by atoms with E-state index in [1.807, 2.05) is 12.1 Å². The number of hydrogen-bond acceptors (Lipinski definition) is 2. The summed E-state index contributed by atoms with van der Waals surface area (Å²) in [5.41, 5.74) is 3.78. The van der Waals surface area contributed by atoms with Crippen molar-refractivity contribution in [2.75, 3.05) is 11.9 Å². The Hall–Kier alpha value is -1.51. The van der Waals surface area contributed by atoms with Crippen molar-refractivity contribution in [3.05, 3.63) is 64.7 Å². The molecule has 0 spiro atoms. The summed E-state index contributed by atoms with van der Waals surface area (Å²) in [5.74, 6) is 0.481. The molecule has 1 saturated heterocycles. The third-order valence-electron chi connectivity index (χ3n) is 4.60. The Labute approximate surface area is 130 Å². The van der Waals surface area contributed by atoms with Gasteiger partial charge < -0.3 is 10.1 Å². The quantitative estimate of drug-likeness (QED) is 0.802. The molecule has 3 atom stereocenters. The van der Waals surface area contributed by atoms with Gasteiger partial charge in [0.05, 0.1) is 12.1 Å². The van der Waals surface area contributed by atoms with Crippen molar-refractivity contribution < 1.29 is 4.74 Å². The van der Waals surface area contributed by atoms with Crippen LogP contribution in [0, 0.1) is 5.92 Å². The van der Waals surface area contributed by atoms with E-state index >= 15 is 0 Å². The maximum atomic E-state index is 6.12. The topological polar surface area (TPSA) is 21.3 Å². The number of hydrogen-bond donors (Lipinski definition) is 1. The first-order valence-corrected chi connectivity index (χ1v) is 7.93. The van der Waals surface area contributed by atoms with Crippen molar-refractivity contribution in [3.63, 3.8) is 0 Å². The molecule has 2 nitrogen and oxygen atoms in total. The molecule has 21 heavy (non-hydrogen) atoms. The van der Waals surface area contributed by atoms with Crippen molar-refractivity contribution in [1.82, 2.24) is 0 Å². The highest BCUT2D eigenvalue weighted by atomic mass is 35.5. The fourth-order valence-electron chi connectivity index (χ4n) is 3.62. The smallest absolute Gasteiger partial charge is 0.0895 e. The van der Waals surface area contributed by atoms with Crippen LogP contribution in [0.1, 0.15) is 36.1 Å². The molecule has 1 fully saturated rings. The van der Waals surface area contributed by atoms with Gasteiger partial charge in [0, 0.05) is 28.8 Å². The first-order chi connectivity index (χ1) is 10.3. The van der Waals surface area contributed by atoms with Crippen molar-refractivity contribution in [1.29, 1.82) is 0 Å². The van der Waals surface area contributed by atoms with Crippen LogP contribution in [0.2, 0.25) is 5.02 Å². The zero-order chi connectivity index (χ0) is 14.2. The lowest BCUT2D eigenvalue weighted by Crippen LogP contribution is -2.35. The van der Waals surface area contributed by atoms with Gasteiger partial charge in [0.15, 0.2) is 0 Å². The lowest BCUT2D eigenvalue weighted by molar-refractivity contribution is -0.0381. The van der Waals surface area contributed by atoms with Crippen molar-refractivity contribution in [2.24, 2.45) is 5.92 Å². The highest BCUT2D eigenvalue weighted by molar-refractivity contribution is 6.30. The van der Waals surface area contributed by atoms with Gasteiger partial charge in [0.2, 0.25) is 0 Å². The summed E-state index contributed by atoms with van der Waals surface area (Å²) >= 11 is 6.02. The average Bonchev–Trinajstić information content (AvgIpc) is 2.55. The van der Waals surface area contributed by atoms with Gasteiger partial charge in [-0.05, 0) is 36.6 Å². The molecule has 2 heterocycles. The van der Waals surface area contributed by atoms with Crippen LogP contribution in [-0.2, 0) is 4.74 Å². The van der Waals surface area contributed by atoms with Crippen LogP contribution in [0.25, 0.3) is 0 Å². The van der Waals surface area contributed by atoms with Crippen LogP contribution in [-0.4, -0.2) is 6.61 Å². The van der Waals surface area contributed by atoms with Gasteiger partial charge >= 0.3 is 0 Å². The number of nitrogens with one attached hydrogen (secondary N) is 1. The standard InChI is InChI=1S/C18H18ClNO/c19-13-9-7-12(8-10-13)17-15-5-3-11-21-18(15)14-4-1-2-6-16(14)20-17/h1-2,4,6-10,15,17-18,20H,3,5,11H2. The van der Waals surface area contributed by atoms with Gasteiger partial charge in [0.25, 0.3) is 0 Å². The van der Waals surface area contributed by atoms with Gasteiger partial charge in [-0.3, -0.25) is 0 Å². The number of halogens is 1. The molecule has 0 amide bonds. The van der Waals surface area contributed by atoms with Gasteiger partial charge in [-0.25, -0.2) is 0 Å². The third kappa shape index (κ3) is 2.33. The van der Waals surface area contributed by atoms with Crippen LogP contribution >= 0.6 is 11.6 Å². The summed E-state index contributed by atoms with van der Waals surface area (Å²) in [4.78, 5) is 0. The van der Waals surface area contributed by atoms with Crippen molar-refractivity contribution in [2.45, 2.75) is 25.0 Å². The van der Waals surface area contributed by atoms with E-state index in [-0.39, 0.29) is 6.10 Å². The molecule has 2 aromatic rings. The Kier molecular flexibility index (Phi) is 3.36. The van der Waals surface area contributed by atoms with Crippen LogP contribution < -0.4 is 5.32 Å². The van der Waals surface area contributed by atoms with Gasteiger partial charge in [0.1, 0.15) is 0 Å². The van der Waals surface area contributed by atoms with E-state index in [1.165, 1.54) is 23.2 Å². The second-order valence-electron chi connectivity index (χ2n) is 5.86. The molecule has 0 aliphatic carbocycles. The van der Waals surface area contributed by atoms with Gasteiger partial charge in [-0.2, -0.15) is 0 Å². The molecule has 3 heteroatoms. The summed E-state index contributed by atoms with van der Waals surface area (Å²) in [5, 5.41) is 4.49. The zero-order valence-electron chi connectivity index (χ0n) is 11.8. The predicted molar refractivity (Wildman–Crippen MR) is 85.7 cm³/mol. The number of ether oxygens (including phenoxy) is 1. The highest BCUT2D eigenvalue weighted by Crippen LogP contribution is 2.48. The number of benzene rings is 2. The minimum Gasteiger partial charge on any atom is -0.378 e. The van der Waals surface area contributed by atoms with Crippen LogP contribution in [0.4, 0.5) is 5.69 Å². The molecule has 108 valence electrons. The second kappa shape index (κ2) is 5.36. The molecule has 2 aliphatic heterocycles. The molecule has 1 N–H and O–H groups in total. The van der Waals surface area contributed by atoms with E-state index in [9.17, 15) is 0 Å². The summed E-state index contributed by atoms with van der Waals surface area (Å²) < 4.78 is 6.12. The van der Waals surface area contributed by atoms with Crippen LogP contribution in [0.5, 0.6) is 0 Å². The normalized spacial score (nSPS) is 27.4. The maximum absolute atomic E-state index is 6.12. The molecule has 2 aliphatic rings. The minimum absolute atomic E-state index is 0.205. The number of fused-ring (bicyclic) bond motifs is 3. The van der Waals surface area contributed by atoms with Crippen LogP contribution in [0.15, 0.2) is 48.5 Å². The lowest BCUT2D eigenvalue weighted by Gasteiger charge is -2.43. The van der Waals surface area contributed by atoms with Gasteiger partial charge in [-0.15, -0.1) is 0 Å². The lowest BCUT2D eigenvalue weighted by atomic mass is 9.77. The zero-order valence-corrected chi connectivity index (χ0v) is 12.5. The highest BCUT2D eigenvalue weighted by Gasteiger charge is 2.39. The summed E-state index contributed by atoms with van der Waals surface area (Å²) in [7, 11) is 0. The molecule has 0 radical (unpaired) electrons. The number of para-hydroxylation sites is 1. The maximum Gasteiger partial charge on any atom is 0.0895 e. The molecule has 2 aromatic carbocycles. The Balaban J connectivity index is 1.76. The van der Waals surface area contributed by atoms with E-state index in [0.29, 0.717) is 12.0 Å². The van der Waals surface area contributed by atoms with E-state index in [4.69, 9.17) is 16.3 Å². The molecular weight excluding hydrogens is 282 g/mol. The largest absolute Gasteiger partial charge is 0.378 e. The molecule has 0 saturated carbocycles.